The van der Waals surface area contributed by atoms with Crippen molar-refractivity contribution in [1.29, 1.82) is 0 Å². The lowest BCUT2D eigenvalue weighted by molar-refractivity contribution is -0.142. The summed E-state index contributed by atoms with van der Waals surface area (Å²) in [5.74, 6) is -2.03. The molecule has 3 aromatic rings. The minimum atomic E-state index is -0.821. The standard InChI is InChI=1S/C27H30N6O4S/c1-16(14-34)33-22(24(36)28-15-32-19-11-7-6-10-18(19)30-31-32)27-13-12-26(2,38-27)20(21(27)25(33)37)23(35)29-17-8-4-3-5-9-17/h3-11,16,20-22,34H,12-15H2,1-2H3,(H,28,36)(H,29,35)/t16-,20+,21+,22?,26-,27?/m1/s1. The second-order valence-corrected chi connectivity index (χ2v) is 12.5. The number of anilines is 1. The number of para-hydroxylation sites is 2. The van der Waals surface area contributed by atoms with Crippen LogP contribution in [0.1, 0.15) is 26.7 Å². The van der Waals surface area contributed by atoms with Crippen molar-refractivity contribution in [3.63, 3.8) is 0 Å². The number of hydrogen-bond acceptors (Lipinski definition) is 7. The first kappa shape index (κ1) is 24.9. The Morgan fingerprint density at radius 2 is 1.87 bits per heavy atom. The molecule has 6 rings (SSSR count). The van der Waals surface area contributed by atoms with Gasteiger partial charge in [0.25, 0.3) is 0 Å². The Labute approximate surface area is 224 Å². The minimum absolute atomic E-state index is 0.0893. The SMILES string of the molecule is C[C@H](CO)N1C(=O)[C@@H]2[C@@H](C(=O)Nc3ccccc3)[C@@]3(C)CCC2(S3)C1C(=O)NCn1nnc2ccccc21. The molecule has 0 radical (unpaired) electrons. The molecule has 0 aliphatic carbocycles. The van der Waals surface area contributed by atoms with Crippen LogP contribution in [0.3, 0.4) is 0 Å². The number of rotatable bonds is 7. The number of amides is 3. The number of nitrogens with one attached hydrogen (secondary N) is 2. The summed E-state index contributed by atoms with van der Waals surface area (Å²) in [5.41, 5.74) is 2.17. The first-order chi connectivity index (χ1) is 18.3. The molecule has 11 heteroatoms. The van der Waals surface area contributed by atoms with Gasteiger partial charge in [0.1, 0.15) is 18.2 Å². The number of thioether (sulfide) groups is 1. The largest absolute Gasteiger partial charge is 0.394 e. The maximum Gasteiger partial charge on any atom is 0.245 e. The molecular weight excluding hydrogens is 504 g/mol. The minimum Gasteiger partial charge on any atom is -0.394 e. The molecule has 1 spiro atoms. The zero-order valence-electron chi connectivity index (χ0n) is 21.2. The molecule has 4 heterocycles. The van der Waals surface area contributed by atoms with Crippen molar-refractivity contribution in [1.82, 2.24) is 25.2 Å². The zero-order valence-corrected chi connectivity index (χ0v) is 22.0. The lowest BCUT2D eigenvalue weighted by atomic mass is 9.66. The van der Waals surface area contributed by atoms with E-state index in [2.05, 4.69) is 20.9 Å². The van der Waals surface area contributed by atoms with Gasteiger partial charge < -0.3 is 20.6 Å². The molecule has 10 nitrogen and oxygen atoms in total. The van der Waals surface area contributed by atoms with Gasteiger partial charge in [0.2, 0.25) is 17.7 Å². The topological polar surface area (TPSA) is 129 Å². The average molecular weight is 535 g/mol. The van der Waals surface area contributed by atoms with E-state index in [9.17, 15) is 19.5 Å². The maximum atomic E-state index is 14.0. The highest BCUT2D eigenvalue weighted by molar-refractivity contribution is 8.02. The first-order valence-electron chi connectivity index (χ1n) is 12.8. The van der Waals surface area contributed by atoms with Crippen molar-refractivity contribution < 1.29 is 19.5 Å². The van der Waals surface area contributed by atoms with Gasteiger partial charge in [-0.25, -0.2) is 4.68 Å². The Hall–Kier alpha value is -3.44. The molecule has 2 bridgehead atoms. The Balaban J connectivity index is 1.32. The number of benzene rings is 2. The van der Waals surface area contributed by atoms with Crippen LogP contribution in [0.25, 0.3) is 11.0 Å². The molecule has 3 fully saturated rings. The third-order valence-corrected chi connectivity index (χ3v) is 10.3. The second-order valence-electron chi connectivity index (χ2n) is 10.6. The van der Waals surface area contributed by atoms with Gasteiger partial charge in [-0.3, -0.25) is 14.4 Å². The van der Waals surface area contributed by atoms with E-state index < -0.39 is 33.4 Å². The van der Waals surface area contributed by atoms with Gasteiger partial charge in [-0.15, -0.1) is 16.9 Å². The van der Waals surface area contributed by atoms with Crippen LogP contribution in [0.4, 0.5) is 5.69 Å². The molecule has 1 aromatic heterocycles. The maximum absolute atomic E-state index is 14.0. The Kier molecular flexibility index (Phi) is 5.95. The highest BCUT2D eigenvalue weighted by Crippen LogP contribution is 2.71. The van der Waals surface area contributed by atoms with Crippen LogP contribution in [0.2, 0.25) is 0 Å². The number of carbonyl (C=O) groups excluding carboxylic acids is 3. The fourth-order valence-corrected chi connectivity index (χ4v) is 8.99. The lowest BCUT2D eigenvalue weighted by Gasteiger charge is -2.35. The van der Waals surface area contributed by atoms with Crippen LogP contribution in [-0.2, 0) is 21.1 Å². The predicted molar refractivity (Wildman–Crippen MR) is 143 cm³/mol. The van der Waals surface area contributed by atoms with Crippen molar-refractivity contribution in [2.45, 2.75) is 54.9 Å². The number of aromatic nitrogens is 3. The quantitative estimate of drug-likeness (QED) is 0.423. The summed E-state index contributed by atoms with van der Waals surface area (Å²) in [4.78, 5) is 43.1. The fraction of sp³-hybridized carbons (Fsp3) is 0.444. The summed E-state index contributed by atoms with van der Waals surface area (Å²) in [6, 6.07) is 15.3. The molecule has 3 saturated heterocycles. The Morgan fingerprint density at radius 1 is 1.13 bits per heavy atom. The van der Waals surface area contributed by atoms with E-state index >= 15 is 0 Å². The first-order valence-corrected chi connectivity index (χ1v) is 13.7. The van der Waals surface area contributed by atoms with Crippen LogP contribution >= 0.6 is 11.8 Å². The summed E-state index contributed by atoms with van der Waals surface area (Å²) < 4.78 is 0.368. The van der Waals surface area contributed by atoms with Gasteiger partial charge in [0.15, 0.2) is 0 Å². The van der Waals surface area contributed by atoms with Crippen LogP contribution in [0, 0.1) is 11.8 Å². The van der Waals surface area contributed by atoms with Crippen molar-refractivity contribution in [3.8, 4) is 0 Å². The molecule has 3 N–H and O–H groups in total. The second kappa shape index (κ2) is 9.09. The number of fused-ring (bicyclic) bond motifs is 2. The number of aliphatic hydroxyl groups is 1. The van der Waals surface area contributed by atoms with Crippen LogP contribution in [-0.4, -0.2) is 70.9 Å². The smallest absolute Gasteiger partial charge is 0.245 e. The molecule has 3 aliphatic rings. The monoisotopic (exact) mass is 534 g/mol. The van der Waals surface area contributed by atoms with Gasteiger partial charge >= 0.3 is 0 Å². The number of aliphatic hydroxyl groups excluding tert-OH is 1. The van der Waals surface area contributed by atoms with Crippen molar-refractivity contribution in [3.05, 3.63) is 54.6 Å². The predicted octanol–water partition coefficient (Wildman–Crippen LogP) is 2.01. The van der Waals surface area contributed by atoms with E-state index in [4.69, 9.17) is 0 Å². The van der Waals surface area contributed by atoms with Crippen LogP contribution < -0.4 is 10.6 Å². The van der Waals surface area contributed by atoms with Crippen molar-refractivity contribution in [2.75, 3.05) is 11.9 Å². The third-order valence-electron chi connectivity index (χ3n) is 8.35. The van der Waals surface area contributed by atoms with E-state index in [-0.39, 0.29) is 31.0 Å². The summed E-state index contributed by atoms with van der Waals surface area (Å²) in [7, 11) is 0. The normalized spacial score (nSPS) is 30.4. The third kappa shape index (κ3) is 3.63. The summed E-state index contributed by atoms with van der Waals surface area (Å²) in [6.07, 6.45) is 1.35. The van der Waals surface area contributed by atoms with E-state index in [1.54, 1.807) is 23.4 Å². The molecule has 198 valence electrons. The van der Waals surface area contributed by atoms with Crippen molar-refractivity contribution in [2.24, 2.45) is 11.8 Å². The van der Waals surface area contributed by atoms with Gasteiger partial charge in [0.05, 0.1) is 34.7 Å². The van der Waals surface area contributed by atoms with Crippen LogP contribution in [0.5, 0.6) is 0 Å². The fourth-order valence-electron chi connectivity index (χ4n) is 6.65. The molecule has 3 aliphatic heterocycles. The highest BCUT2D eigenvalue weighted by Gasteiger charge is 2.77. The van der Waals surface area contributed by atoms with Crippen LogP contribution in [0.15, 0.2) is 54.6 Å². The molecule has 2 aromatic carbocycles. The van der Waals surface area contributed by atoms with E-state index in [0.717, 1.165) is 11.0 Å². The summed E-state index contributed by atoms with van der Waals surface area (Å²) >= 11 is 1.60. The lowest BCUT2D eigenvalue weighted by Crippen LogP contribution is -2.56. The van der Waals surface area contributed by atoms with Gasteiger partial charge in [0, 0.05) is 10.4 Å². The molecule has 3 amide bonds. The Morgan fingerprint density at radius 3 is 2.63 bits per heavy atom. The number of likely N-dealkylation sites (tertiary alicyclic amines) is 1. The molecule has 2 unspecified atom stereocenters. The van der Waals surface area contributed by atoms with Gasteiger partial charge in [-0.2, -0.15) is 0 Å². The van der Waals surface area contributed by atoms with E-state index in [1.807, 2.05) is 61.5 Å². The zero-order chi connectivity index (χ0) is 26.7. The molecular formula is C27H30N6O4S. The average Bonchev–Trinajstić information content (AvgIpc) is 3.63. The summed E-state index contributed by atoms with van der Waals surface area (Å²) in [5, 5.41) is 24.3. The van der Waals surface area contributed by atoms with E-state index in [1.165, 1.54) is 4.90 Å². The van der Waals surface area contributed by atoms with Gasteiger partial charge in [-0.1, -0.05) is 35.5 Å². The molecule has 0 saturated carbocycles. The number of nitrogens with zero attached hydrogens (tertiary/aromatic N) is 4. The molecule has 6 atom stereocenters. The van der Waals surface area contributed by atoms with E-state index in [0.29, 0.717) is 18.5 Å². The number of hydrogen-bond donors (Lipinski definition) is 3. The summed E-state index contributed by atoms with van der Waals surface area (Å²) in [6.45, 7) is 3.57. The van der Waals surface area contributed by atoms with Crippen molar-refractivity contribution >= 4 is 46.2 Å². The molecule has 38 heavy (non-hydrogen) atoms. The highest BCUT2D eigenvalue weighted by atomic mass is 32.2. The Bertz CT molecular complexity index is 1410. The van der Waals surface area contributed by atoms with Gasteiger partial charge in [-0.05, 0) is 51.0 Å². The number of carbonyl (C=O) groups is 3.